The minimum Gasteiger partial charge on any atom is -0.493 e. The number of hydrogen-bond donors (Lipinski definition) is 4. The summed E-state index contributed by atoms with van der Waals surface area (Å²) in [5.74, 6) is -2.28. The zero-order valence-corrected chi connectivity index (χ0v) is 18.4. The molecule has 0 fully saturated rings. The third-order valence-corrected chi connectivity index (χ3v) is 4.76. The van der Waals surface area contributed by atoms with Crippen molar-refractivity contribution >= 4 is 17.8 Å². The van der Waals surface area contributed by atoms with Crippen molar-refractivity contribution in [1.29, 1.82) is 0 Å². The van der Waals surface area contributed by atoms with E-state index in [0.29, 0.717) is 42.0 Å². The largest absolute Gasteiger partial charge is 0.493 e. The lowest BCUT2D eigenvalue weighted by atomic mass is 10.1. The van der Waals surface area contributed by atoms with E-state index < -0.39 is 30.2 Å². The van der Waals surface area contributed by atoms with Crippen LogP contribution in [-0.4, -0.2) is 45.5 Å². The van der Waals surface area contributed by atoms with E-state index in [9.17, 15) is 24.3 Å². The number of nitrogens with one attached hydrogen (secondary N) is 2. The van der Waals surface area contributed by atoms with Gasteiger partial charge in [-0.2, -0.15) is 0 Å². The van der Waals surface area contributed by atoms with Crippen LogP contribution in [0.4, 0.5) is 0 Å². The summed E-state index contributed by atoms with van der Waals surface area (Å²) in [7, 11) is 0. The van der Waals surface area contributed by atoms with Crippen molar-refractivity contribution in [3.05, 3.63) is 45.4 Å². The SMILES string of the molecule is CCCOc1ccc(C(=O)NC(CC(N)=O)C(=O)O)cc1-c1nc(CC)c(CC)c(=O)[nH]1. The summed E-state index contributed by atoms with van der Waals surface area (Å²) in [5.41, 5.74) is 6.54. The summed E-state index contributed by atoms with van der Waals surface area (Å²) in [6, 6.07) is 3.02. The number of ether oxygens (including phenoxy) is 1. The monoisotopic (exact) mass is 444 g/mol. The highest BCUT2D eigenvalue weighted by Crippen LogP contribution is 2.29. The number of nitrogens with zero attached hydrogens (tertiary/aromatic N) is 1. The molecule has 10 heteroatoms. The molecule has 0 radical (unpaired) electrons. The number of aromatic amines is 1. The van der Waals surface area contributed by atoms with E-state index in [1.807, 2.05) is 20.8 Å². The maximum Gasteiger partial charge on any atom is 0.326 e. The Morgan fingerprint density at radius 1 is 1.22 bits per heavy atom. The number of carboxylic acids is 1. The van der Waals surface area contributed by atoms with Crippen molar-refractivity contribution in [2.24, 2.45) is 5.73 Å². The summed E-state index contributed by atoms with van der Waals surface area (Å²) in [6.07, 6.45) is 1.29. The van der Waals surface area contributed by atoms with Crippen molar-refractivity contribution in [2.45, 2.75) is 52.5 Å². The first-order valence-electron chi connectivity index (χ1n) is 10.4. The molecule has 0 aliphatic heterocycles. The average molecular weight is 444 g/mol. The second-order valence-electron chi connectivity index (χ2n) is 7.14. The highest BCUT2D eigenvalue weighted by Gasteiger charge is 2.24. The molecule has 1 unspecified atom stereocenters. The van der Waals surface area contributed by atoms with Crippen LogP contribution in [0.3, 0.4) is 0 Å². The van der Waals surface area contributed by atoms with E-state index in [0.717, 1.165) is 6.42 Å². The van der Waals surface area contributed by atoms with Crippen molar-refractivity contribution in [2.75, 3.05) is 6.61 Å². The summed E-state index contributed by atoms with van der Waals surface area (Å²) in [5, 5.41) is 11.5. The second-order valence-corrected chi connectivity index (χ2v) is 7.14. The molecule has 5 N–H and O–H groups in total. The first-order chi connectivity index (χ1) is 15.2. The van der Waals surface area contributed by atoms with Gasteiger partial charge in [0.2, 0.25) is 5.91 Å². The molecule has 1 heterocycles. The smallest absolute Gasteiger partial charge is 0.326 e. The number of H-pyrrole nitrogens is 1. The molecule has 1 aromatic carbocycles. The molecular formula is C22H28N4O6. The van der Waals surface area contributed by atoms with Gasteiger partial charge in [-0.15, -0.1) is 0 Å². The number of hydrogen-bond acceptors (Lipinski definition) is 6. The van der Waals surface area contributed by atoms with Gasteiger partial charge in [-0.3, -0.25) is 14.4 Å². The predicted molar refractivity (Wildman–Crippen MR) is 118 cm³/mol. The quantitative estimate of drug-likeness (QED) is 0.407. The number of rotatable bonds is 11. The molecule has 1 atom stereocenters. The van der Waals surface area contributed by atoms with E-state index in [-0.39, 0.29) is 16.9 Å². The third kappa shape index (κ3) is 5.93. The number of nitrogens with two attached hydrogens (primary N) is 1. The van der Waals surface area contributed by atoms with Gasteiger partial charge in [0.05, 0.1) is 24.3 Å². The number of amides is 2. The zero-order valence-electron chi connectivity index (χ0n) is 18.4. The fraction of sp³-hybridized carbons (Fsp3) is 0.409. The van der Waals surface area contributed by atoms with Gasteiger partial charge in [-0.1, -0.05) is 20.8 Å². The number of carbonyl (C=O) groups is 3. The molecule has 2 amide bonds. The number of primary amides is 1. The van der Waals surface area contributed by atoms with Gasteiger partial charge in [0.15, 0.2) is 0 Å². The second kappa shape index (κ2) is 11.1. The zero-order chi connectivity index (χ0) is 23.8. The van der Waals surface area contributed by atoms with Gasteiger partial charge < -0.3 is 25.9 Å². The van der Waals surface area contributed by atoms with Crippen LogP contribution in [0.5, 0.6) is 5.75 Å². The molecular weight excluding hydrogens is 416 g/mol. The van der Waals surface area contributed by atoms with Gasteiger partial charge in [-0.25, -0.2) is 9.78 Å². The van der Waals surface area contributed by atoms with Gasteiger partial charge in [0, 0.05) is 11.1 Å². The highest BCUT2D eigenvalue weighted by molar-refractivity contribution is 5.98. The number of benzene rings is 1. The number of aromatic nitrogens is 2. The highest BCUT2D eigenvalue weighted by atomic mass is 16.5. The Bertz CT molecular complexity index is 1060. The van der Waals surface area contributed by atoms with Crippen LogP contribution in [0.15, 0.2) is 23.0 Å². The van der Waals surface area contributed by atoms with E-state index in [1.54, 1.807) is 6.07 Å². The summed E-state index contributed by atoms with van der Waals surface area (Å²) in [4.78, 5) is 55.0. The van der Waals surface area contributed by atoms with Gasteiger partial charge >= 0.3 is 5.97 Å². The molecule has 2 aromatic rings. The summed E-state index contributed by atoms with van der Waals surface area (Å²) in [6.45, 7) is 6.12. The van der Waals surface area contributed by atoms with Crippen LogP contribution in [0.1, 0.15) is 55.2 Å². The van der Waals surface area contributed by atoms with Gasteiger partial charge in [-0.05, 0) is 37.5 Å². The molecule has 0 aliphatic carbocycles. The fourth-order valence-corrected chi connectivity index (χ4v) is 3.17. The van der Waals surface area contributed by atoms with E-state index in [4.69, 9.17) is 10.5 Å². The topological polar surface area (TPSA) is 164 Å². The van der Waals surface area contributed by atoms with Crippen LogP contribution >= 0.6 is 0 Å². The normalized spacial score (nSPS) is 11.6. The fourth-order valence-electron chi connectivity index (χ4n) is 3.17. The maximum atomic E-state index is 12.7. The first kappa shape index (κ1) is 24.6. The minimum atomic E-state index is -1.46. The van der Waals surface area contributed by atoms with Gasteiger partial charge in [0.1, 0.15) is 17.6 Å². The molecule has 2 rings (SSSR count). The molecule has 0 saturated heterocycles. The lowest BCUT2D eigenvalue weighted by Crippen LogP contribution is -2.43. The Kier molecular flexibility index (Phi) is 8.51. The summed E-state index contributed by atoms with van der Waals surface area (Å²) >= 11 is 0. The Morgan fingerprint density at radius 3 is 2.50 bits per heavy atom. The molecule has 0 bridgehead atoms. The third-order valence-electron chi connectivity index (χ3n) is 4.76. The van der Waals surface area contributed by atoms with E-state index >= 15 is 0 Å². The van der Waals surface area contributed by atoms with Crippen LogP contribution < -0.4 is 21.3 Å². The van der Waals surface area contributed by atoms with Crippen molar-refractivity contribution in [3.63, 3.8) is 0 Å². The van der Waals surface area contributed by atoms with Crippen molar-refractivity contribution < 1.29 is 24.2 Å². The van der Waals surface area contributed by atoms with E-state index in [2.05, 4.69) is 15.3 Å². The Balaban J connectivity index is 2.52. The molecule has 1 aromatic heterocycles. The molecule has 0 saturated carbocycles. The molecule has 0 aliphatic rings. The van der Waals surface area contributed by atoms with Crippen molar-refractivity contribution in [1.82, 2.24) is 15.3 Å². The molecule has 172 valence electrons. The van der Waals surface area contributed by atoms with Crippen LogP contribution in [-0.2, 0) is 22.4 Å². The number of carbonyl (C=O) groups excluding carboxylic acids is 2. The number of aliphatic carboxylic acids is 1. The number of aryl methyl sites for hydroxylation is 1. The Labute approximate surface area is 185 Å². The Morgan fingerprint density at radius 2 is 1.94 bits per heavy atom. The molecule has 10 nitrogen and oxygen atoms in total. The minimum absolute atomic E-state index is 0.111. The van der Waals surface area contributed by atoms with Gasteiger partial charge in [0.25, 0.3) is 11.5 Å². The average Bonchev–Trinajstić information content (AvgIpc) is 2.75. The van der Waals surface area contributed by atoms with E-state index in [1.165, 1.54) is 12.1 Å². The molecule has 0 spiro atoms. The van der Waals surface area contributed by atoms with Crippen LogP contribution in [0.25, 0.3) is 11.4 Å². The first-order valence-corrected chi connectivity index (χ1v) is 10.4. The van der Waals surface area contributed by atoms with Crippen LogP contribution in [0.2, 0.25) is 0 Å². The van der Waals surface area contributed by atoms with Crippen molar-refractivity contribution in [3.8, 4) is 17.1 Å². The predicted octanol–water partition coefficient (Wildman–Crippen LogP) is 1.41. The summed E-state index contributed by atoms with van der Waals surface area (Å²) < 4.78 is 5.77. The lowest BCUT2D eigenvalue weighted by Gasteiger charge is -2.16. The maximum absolute atomic E-state index is 12.7. The van der Waals surface area contributed by atoms with Crippen LogP contribution in [0, 0.1) is 0 Å². The molecule has 32 heavy (non-hydrogen) atoms. The lowest BCUT2D eigenvalue weighted by molar-refractivity contribution is -0.140. The standard InChI is InChI=1S/C22H28N4O6/c1-4-9-32-17-8-7-12(20(28)25-16(22(30)31)11-18(23)27)10-14(17)19-24-15(6-3)13(5-2)21(29)26-19/h7-8,10,16H,4-6,9,11H2,1-3H3,(H2,23,27)(H,25,28)(H,30,31)(H,24,26,29). The Hall–Kier alpha value is -3.69. The number of carboxylic acid groups (broad SMARTS) is 1.